The van der Waals surface area contributed by atoms with Crippen LogP contribution in [0.1, 0.15) is 0 Å². The van der Waals surface area contributed by atoms with Gasteiger partial charge in [0, 0.05) is 28.2 Å². The molecule has 0 fully saturated rings. The molecule has 0 atom stereocenters. The molecule has 0 saturated carbocycles. The zero-order valence-electron chi connectivity index (χ0n) is 8.05. The SMILES string of the molecule is C/N=C(\NC)N(C)C.N=C(N)N. The maximum absolute atomic E-state index is 6.06. The normalized spacial score (nSPS) is 9.50. The minimum Gasteiger partial charge on any atom is -0.370 e. The van der Waals surface area contributed by atoms with Crippen LogP contribution in [-0.4, -0.2) is 45.0 Å². The molecule has 6 heteroatoms. The number of nitrogens with zero attached hydrogens (tertiary/aromatic N) is 2. The Hall–Kier alpha value is -1.46. The van der Waals surface area contributed by atoms with Gasteiger partial charge < -0.3 is 21.7 Å². The quantitative estimate of drug-likeness (QED) is 0.267. The summed E-state index contributed by atoms with van der Waals surface area (Å²) in [4.78, 5) is 5.85. The molecule has 12 heavy (non-hydrogen) atoms. The van der Waals surface area contributed by atoms with E-state index in [2.05, 4.69) is 21.8 Å². The largest absolute Gasteiger partial charge is 0.370 e. The van der Waals surface area contributed by atoms with E-state index in [4.69, 9.17) is 5.41 Å². The van der Waals surface area contributed by atoms with Gasteiger partial charge in [-0.25, -0.2) is 0 Å². The minimum atomic E-state index is -0.333. The molecule has 0 aromatic rings. The number of nitrogens with one attached hydrogen (secondary N) is 2. The monoisotopic (exact) mass is 174 g/mol. The molecule has 0 rings (SSSR count). The molecule has 72 valence electrons. The van der Waals surface area contributed by atoms with Crippen LogP contribution in [0, 0.1) is 5.41 Å². The Morgan fingerprint density at radius 2 is 1.75 bits per heavy atom. The lowest BCUT2D eigenvalue weighted by Gasteiger charge is -2.12. The first-order valence-corrected chi connectivity index (χ1v) is 3.37. The van der Waals surface area contributed by atoms with Gasteiger partial charge in [-0.15, -0.1) is 0 Å². The van der Waals surface area contributed by atoms with E-state index in [0.717, 1.165) is 5.96 Å². The van der Waals surface area contributed by atoms with Gasteiger partial charge in [-0.3, -0.25) is 10.4 Å². The number of rotatable bonds is 0. The van der Waals surface area contributed by atoms with E-state index in [9.17, 15) is 0 Å². The Morgan fingerprint density at radius 3 is 1.75 bits per heavy atom. The van der Waals surface area contributed by atoms with Crippen LogP contribution in [-0.2, 0) is 0 Å². The lowest BCUT2D eigenvalue weighted by Crippen LogP contribution is -2.33. The number of hydrogen-bond donors (Lipinski definition) is 4. The third-order valence-corrected chi connectivity index (χ3v) is 0.859. The summed E-state index contributed by atoms with van der Waals surface area (Å²) in [6, 6.07) is 0. The molecular weight excluding hydrogens is 156 g/mol. The van der Waals surface area contributed by atoms with E-state index in [0.29, 0.717) is 0 Å². The van der Waals surface area contributed by atoms with Crippen molar-refractivity contribution < 1.29 is 0 Å². The number of hydrogen-bond acceptors (Lipinski definition) is 2. The fourth-order valence-electron chi connectivity index (χ4n) is 0.535. The van der Waals surface area contributed by atoms with Crippen LogP contribution in [0.25, 0.3) is 0 Å². The highest BCUT2D eigenvalue weighted by Crippen LogP contribution is 1.73. The Kier molecular flexibility index (Phi) is 8.38. The van der Waals surface area contributed by atoms with Gasteiger partial charge in [0.2, 0.25) is 0 Å². The van der Waals surface area contributed by atoms with E-state index in [1.165, 1.54) is 0 Å². The van der Waals surface area contributed by atoms with Crippen molar-refractivity contribution in [3.8, 4) is 0 Å². The molecule has 6 nitrogen and oxygen atoms in total. The van der Waals surface area contributed by atoms with Gasteiger partial charge in [-0.2, -0.15) is 0 Å². The van der Waals surface area contributed by atoms with Crippen LogP contribution in [0.5, 0.6) is 0 Å². The first kappa shape index (κ1) is 13.2. The number of guanidine groups is 2. The highest BCUT2D eigenvalue weighted by molar-refractivity contribution is 5.78. The van der Waals surface area contributed by atoms with Crippen molar-refractivity contribution in [2.75, 3.05) is 28.2 Å². The predicted octanol–water partition coefficient (Wildman–Crippen LogP) is -1.41. The molecule has 0 amide bonds. The molecule has 0 aromatic carbocycles. The summed E-state index contributed by atoms with van der Waals surface area (Å²) in [5, 5.41) is 8.98. The van der Waals surface area contributed by atoms with E-state index >= 15 is 0 Å². The first-order valence-electron chi connectivity index (χ1n) is 3.37. The Balaban J connectivity index is 0. The van der Waals surface area contributed by atoms with Crippen molar-refractivity contribution in [3.63, 3.8) is 0 Å². The second-order valence-corrected chi connectivity index (χ2v) is 2.15. The van der Waals surface area contributed by atoms with Gasteiger partial charge in [0.1, 0.15) is 0 Å². The van der Waals surface area contributed by atoms with Gasteiger partial charge in [-0.1, -0.05) is 0 Å². The van der Waals surface area contributed by atoms with Crippen molar-refractivity contribution in [3.05, 3.63) is 0 Å². The zero-order chi connectivity index (χ0) is 10.1. The highest BCUT2D eigenvalue weighted by Gasteiger charge is 1.91. The average Bonchev–Trinajstić information content (AvgIpc) is 1.87. The molecule has 0 aliphatic carbocycles. The third kappa shape index (κ3) is 11.4. The first-order chi connectivity index (χ1) is 5.45. The molecule has 0 aliphatic heterocycles. The second-order valence-electron chi connectivity index (χ2n) is 2.15. The summed E-state index contributed by atoms with van der Waals surface area (Å²) in [6.45, 7) is 0. The second kappa shape index (κ2) is 7.64. The highest BCUT2D eigenvalue weighted by atomic mass is 15.2. The molecule has 0 radical (unpaired) electrons. The topological polar surface area (TPSA) is 104 Å². The van der Waals surface area contributed by atoms with E-state index in [1.807, 2.05) is 26.0 Å². The van der Waals surface area contributed by atoms with Crippen LogP contribution in [0.3, 0.4) is 0 Å². The number of aliphatic imine (C=N–C) groups is 1. The summed E-state index contributed by atoms with van der Waals surface area (Å²) in [5.74, 6) is 0.560. The standard InChI is InChI=1S/C5H13N3.CH5N3/c1-6-5(7-2)8(3)4;2-1(3)4/h1-4H3,(H,6,7);(H5,2,3,4). The fraction of sp³-hybridized carbons (Fsp3) is 0.667. The predicted molar refractivity (Wildman–Crippen MR) is 52.2 cm³/mol. The Morgan fingerprint density at radius 1 is 1.42 bits per heavy atom. The molecule has 0 aliphatic rings. The molecule has 0 saturated heterocycles. The molecule has 6 N–H and O–H groups in total. The van der Waals surface area contributed by atoms with Crippen LogP contribution in [0.15, 0.2) is 4.99 Å². The van der Waals surface area contributed by atoms with Gasteiger partial charge >= 0.3 is 0 Å². The number of nitrogens with two attached hydrogens (primary N) is 2. The van der Waals surface area contributed by atoms with Gasteiger partial charge in [0.15, 0.2) is 11.9 Å². The molecule has 0 bridgehead atoms. The third-order valence-electron chi connectivity index (χ3n) is 0.859. The van der Waals surface area contributed by atoms with Crippen molar-refractivity contribution in [1.82, 2.24) is 10.2 Å². The summed E-state index contributed by atoms with van der Waals surface area (Å²) < 4.78 is 0. The Bertz CT molecular complexity index is 146. The molecule has 0 spiro atoms. The summed E-state index contributed by atoms with van der Waals surface area (Å²) in [7, 11) is 7.49. The van der Waals surface area contributed by atoms with Gasteiger partial charge in [-0.05, 0) is 0 Å². The average molecular weight is 174 g/mol. The van der Waals surface area contributed by atoms with Gasteiger partial charge in [0.25, 0.3) is 0 Å². The maximum Gasteiger partial charge on any atom is 0.192 e. The maximum atomic E-state index is 6.06. The van der Waals surface area contributed by atoms with Crippen molar-refractivity contribution in [2.24, 2.45) is 16.5 Å². The minimum absolute atomic E-state index is 0.333. The zero-order valence-corrected chi connectivity index (χ0v) is 8.05. The molecule has 0 aromatic heterocycles. The van der Waals surface area contributed by atoms with Crippen LogP contribution >= 0.6 is 0 Å². The van der Waals surface area contributed by atoms with Crippen LogP contribution < -0.4 is 16.8 Å². The lowest BCUT2D eigenvalue weighted by molar-refractivity contribution is 0.596. The van der Waals surface area contributed by atoms with Gasteiger partial charge in [0.05, 0.1) is 0 Å². The fourth-order valence-corrected chi connectivity index (χ4v) is 0.535. The van der Waals surface area contributed by atoms with Crippen molar-refractivity contribution in [2.45, 2.75) is 0 Å². The summed E-state index contributed by atoms with van der Waals surface area (Å²) in [6.07, 6.45) is 0. The summed E-state index contributed by atoms with van der Waals surface area (Å²) in [5.41, 5.74) is 8.94. The van der Waals surface area contributed by atoms with E-state index in [1.54, 1.807) is 7.05 Å². The molecule has 0 unspecified atom stereocenters. The van der Waals surface area contributed by atoms with Crippen molar-refractivity contribution >= 4 is 11.9 Å². The van der Waals surface area contributed by atoms with Crippen LogP contribution in [0.4, 0.5) is 0 Å². The van der Waals surface area contributed by atoms with E-state index in [-0.39, 0.29) is 5.96 Å². The smallest absolute Gasteiger partial charge is 0.192 e. The summed E-state index contributed by atoms with van der Waals surface area (Å²) >= 11 is 0. The van der Waals surface area contributed by atoms with E-state index < -0.39 is 0 Å². The molecular formula is C6H18N6. The van der Waals surface area contributed by atoms with Crippen molar-refractivity contribution in [1.29, 1.82) is 5.41 Å². The lowest BCUT2D eigenvalue weighted by atomic mass is 10.8. The molecule has 0 heterocycles. The Labute approximate surface area is 73.1 Å². The van der Waals surface area contributed by atoms with Crippen LogP contribution in [0.2, 0.25) is 0 Å².